The summed E-state index contributed by atoms with van der Waals surface area (Å²) in [6.07, 6.45) is -1.95. The van der Waals surface area contributed by atoms with E-state index >= 15 is 0 Å². The summed E-state index contributed by atoms with van der Waals surface area (Å²) in [5.41, 5.74) is 9.76. The summed E-state index contributed by atoms with van der Waals surface area (Å²) in [6.45, 7) is 1.84. The summed E-state index contributed by atoms with van der Waals surface area (Å²) < 4.78 is 0. The second-order valence-corrected chi connectivity index (χ2v) is 3.89. The fraction of sp³-hybridized carbons (Fsp3) is 0.417. The van der Waals surface area contributed by atoms with Crippen molar-refractivity contribution in [3.05, 3.63) is 45.3 Å². The number of aliphatic hydroxyl groups is 2. The second-order valence-electron chi connectivity index (χ2n) is 3.89. The number of hydrogen-bond donors (Lipinski definition) is 2. The summed E-state index contributed by atoms with van der Waals surface area (Å²) in [4.78, 5) is 2.57. The smallest absolute Gasteiger partial charge is 0.105 e. The molecular formula is C12H14N4O2. The topological polar surface area (TPSA) is 113 Å². The number of benzene rings is 1. The number of hydrogen-bond acceptors (Lipinski definition) is 4. The Morgan fingerprint density at radius 1 is 1.50 bits per heavy atom. The standard InChI is InChI=1S/C12H14N4O2/c1-8-9(7-13)3-2-4-10(8)12(18)11(17)5-6-15-16-14/h2-4,11-12,17-18H,5-6H2,1H3. The quantitative estimate of drug-likeness (QED) is 0.470. The van der Waals surface area contributed by atoms with Gasteiger partial charge >= 0.3 is 0 Å². The molecule has 18 heavy (non-hydrogen) atoms. The first-order valence-electron chi connectivity index (χ1n) is 5.48. The highest BCUT2D eigenvalue weighted by Crippen LogP contribution is 2.24. The number of rotatable bonds is 5. The highest BCUT2D eigenvalue weighted by molar-refractivity contribution is 5.43. The Balaban J connectivity index is 2.87. The Labute approximate surface area is 105 Å². The van der Waals surface area contributed by atoms with E-state index in [1.165, 1.54) is 0 Å². The number of aliphatic hydroxyl groups excluding tert-OH is 2. The van der Waals surface area contributed by atoms with E-state index < -0.39 is 12.2 Å². The minimum atomic E-state index is -1.09. The van der Waals surface area contributed by atoms with Crippen molar-refractivity contribution in [3.8, 4) is 6.07 Å². The Morgan fingerprint density at radius 2 is 2.22 bits per heavy atom. The second kappa shape index (κ2) is 6.62. The van der Waals surface area contributed by atoms with Crippen LogP contribution in [0.2, 0.25) is 0 Å². The van der Waals surface area contributed by atoms with Gasteiger partial charge in [0.1, 0.15) is 6.10 Å². The van der Waals surface area contributed by atoms with Crippen LogP contribution in [0.3, 0.4) is 0 Å². The molecule has 0 heterocycles. The van der Waals surface area contributed by atoms with Gasteiger partial charge < -0.3 is 10.2 Å². The van der Waals surface area contributed by atoms with Crippen LogP contribution < -0.4 is 0 Å². The molecule has 1 rings (SSSR count). The SMILES string of the molecule is Cc1c(C#N)cccc1C(O)C(O)CCN=[N+]=[N-]. The minimum Gasteiger partial charge on any atom is -0.390 e. The van der Waals surface area contributed by atoms with E-state index in [-0.39, 0.29) is 13.0 Å². The monoisotopic (exact) mass is 246 g/mol. The van der Waals surface area contributed by atoms with Crippen molar-refractivity contribution in [2.24, 2.45) is 5.11 Å². The van der Waals surface area contributed by atoms with Crippen LogP contribution in [-0.2, 0) is 0 Å². The van der Waals surface area contributed by atoms with Gasteiger partial charge in [0.05, 0.1) is 17.7 Å². The molecule has 0 saturated heterocycles. The third kappa shape index (κ3) is 3.22. The van der Waals surface area contributed by atoms with Crippen LogP contribution in [0, 0.1) is 18.3 Å². The lowest BCUT2D eigenvalue weighted by molar-refractivity contribution is 0.0146. The maximum absolute atomic E-state index is 9.99. The highest BCUT2D eigenvalue weighted by Gasteiger charge is 2.20. The van der Waals surface area contributed by atoms with Crippen LogP contribution in [0.15, 0.2) is 23.3 Å². The molecule has 0 amide bonds. The molecule has 0 aliphatic heterocycles. The van der Waals surface area contributed by atoms with Crippen LogP contribution in [0.25, 0.3) is 10.4 Å². The van der Waals surface area contributed by atoms with Crippen molar-refractivity contribution >= 4 is 0 Å². The zero-order valence-electron chi connectivity index (χ0n) is 9.98. The van der Waals surface area contributed by atoms with E-state index in [2.05, 4.69) is 10.0 Å². The van der Waals surface area contributed by atoms with Gasteiger partial charge in [-0.3, -0.25) is 0 Å². The fourth-order valence-electron chi connectivity index (χ4n) is 1.69. The molecule has 2 unspecified atom stereocenters. The molecule has 0 spiro atoms. The fourth-order valence-corrected chi connectivity index (χ4v) is 1.69. The molecule has 0 radical (unpaired) electrons. The summed E-state index contributed by atoms with van der Waals surface area (Å²) in [5.74, 6) is 0. The van der Waals surface area contributed by atoms with Crippen LogP contribution in [0.1, 0.15) is 29.2 Å². The van der Waals surface area contributed by atoms with E-state index in [1.807, 2.05) is 6.07 Å². The van der Waals surface area contributed by atoms with Crippen molar-refractivity contribution in [1.82, 2.24) is 0 Å². The lowest BCUT2D eigenvalue weighted by Crippen LogP contribution is -2.20. The van der Waals surface area contributed by atoms with Gasteiger partial charge in [-0.1, -0.05) is 17.2 Å². The normalized spacial score (nSPS) is 13.2. The van der Waals surface area contributed by atoms with Crippen LogP contribution in [0.5, 0.6) is 0 Å². The molecule has 0 aliphatic rings. The van der Waals surface area contributed by atoms with Crippen LogP contribution in [0.4, 0.5) is 0 Å². The minimum absolute atomic E-state index is 0.117. The van der Waals surface area contributed by atoms with Gasteiger partial charge in [0.15, 0.2) is 0 Å². The summed E-state index contributed by atoms with van der Waals surface area (Å²) in [5, 5.41) is 32.0. The van der Waals surface area contributed by atoms with Gasteiger partial charge in [0, 0.05) is 11.5 Å². The first-order chi connectivity index (χ1) is 8.61. The predicted octanol–water partition coefficient (Wildman–Crippen LogP) is 1.96. The largest absolute Gasteiger partial charge is 0.390 e. The summed E-state index contributed by atoms with van der Waals surface area (Å²) >= 11 is 0. The molecule has 94 valence electrons. The summed E-state index contributed by atoms with van der Waals surface area (Å²) in [6, 6.07) is 6.99. The van der Waals surface area contributed by atoms with Gasteiger partial charge in [-0.15, -0.1) is 0 Å². The van der Waals surface area contributed by atoms with E-state index in [4.69, 9.17) is 10.8 Å². The van der Waals surface area contributed by atoms with E-state index in [0.29, 0.717) is 16.7 Å². The molecular weight excluding hydrogens is 232 g/mol. The van der Waals surface area contributed by atoms with Gasteiger partial charge in [-0.2, -0.15) is 5.26 Å². The molecule has 1 aromatic rings. The summed E-state index contributed by atoms with van der Waals surface area (Å²) in [7, 11) is 0. The first kappa shape index (κ1) is 14.0. The molecule has 2 N–H and O–H groups in total. The molecule has 6 nitrogen and oxygen atoms in total. The Bertz CT molecular complexity index is 503. The lowest BCUT2D eigenvalue weighted by Gasteiger charge is -2.19. The van der Waals surface area contributed by atoms with Crippen LogP contribution >= 0.6 is 0 Å². The van der Waals surface area contributed by atoms with Crippen molar-refractivity contribution in [2.75, 3.05) is 6.54 Å². The van der Waals surface area contributed by atoms with Crippen molar-refractivity contribution in [3.63, 3.8) is 0 Å². The van der Waals surface area contributed by atoms with Crippen molar-refractivity contribution in [2.45, 2.75) is 25.6 Å². The maximum Gasteiger partial charge on any atom is 0.105 e. The molecule has 6 heteroatoms. The van der Waals surface area contributed by atoms with Gasteiger partial charge in [0.25, 0.3) is 0 Å². The molecule has 0 bridgehead atoms. The maximum atomic E-state index is 9.99. The van der Waals surface area contributed by atoms with Crippen LogP contribution in [-0.4, -0.2) is 22.9 Å². The molecule has 1 aromatic carbocycles. The third-order valence-corrected chi connectivity index (χ3v) is 2.77. The molecule has 2 atom stereocenters. The van der Waals surface area contributed by atoms with Crippen molar-refractivity contribution in [1.29, 1.82) is 5.26 Å². The predicted molar refractivity (Wildman–Crippen MR) is 65.5 cm³/mol. The van der Waals surface area contributed by atoms with Crippen molar-refractivity contribution < 1.29 is 10.2 Å². The Morgan fingerprint density at radius 3 is 2.83 bits per heavy atom. The highest BCUT2D eigenvalue weighted by atomic mass is 16.3. The molecule has 0 saturated carbocycles. The number of nitrogens with zero attached hydrogens (tertiary/aromatic N) is 4. The average molecular weight is 246 g/mol. The first-order valence-corrected chi connectivity index (χ1v) is 5.48. The van der Waals surface area contributed by atoms with E-state index in [9.17, 15) is 10.2 Å². The molecule has 0 fully saturated rings. The lowest BCUT2D eigenvalue weighted by atomic mass is 9.95. The van der Waals surface area contributed by atoms with Gasteiger partial charge in [-0.25, -0.2) is 0 Å². The zero-order valence-corrected chi connectivity index (χ0v) is 9.98. The number of azide groups is 1. The van der Waals surface area contributed by atoms with E-state index in [0.717, 1.165) is 0 Å². The third-order valence-electron chi connectivity index (χ3n) is 2.77. The Kier molecular flexibility index (Phi) is 5.15. The zero-order chi connectivity index (χ0) is 13.5. The van der Waals surface area contributed by atoms with Gasteiger partial charge in [0.2, 0.25) is 0 Å². The molecule has 0 aromatic heterocycles. The molecule has 0 aliphatic carbocycles. The Hall–Kier alpha value is -2.06. The van der Waals surface area contributed by atoms with E-state index in [1.54, 1.807) is 25.1 Å². The number of nitriles is 1. The average Bonchev–Trinajstić information content (AvgIpc) is 2.38. The van der Waals surface area contributed by atoms with Gasteiger partial charge in [-0.05, 0) is 36.1 Å².